The molecule has 0 unspecified atom stereocenters. The Morgan fingerprint density at radius 3 is 2.46 bits per heavy atom. The van der Waals surface area contributed by atoms with Crippen molar-refractivity contribution in [2.45, 2.75) is 13.1 Å². The standard InChI is InChI=1S/C24H15F3N2O4S2/c1-14-5-8-17(9-6-14)28-22(30)21(35-23(28)34)12-15-3-2-4-18(11-15)33-20-10-7-16(24(25,26)27)13-19(20)29(31)32/h2-13H,1H3/b21-12-. The third-order valence-electron chi connectivity index (χ3n) is 4.95. The summed E-state index contributed by atoms with van der Waals surface area (Å²) in [4.78, 5) is 25.1. The van der Waals surface area contributed by atoms with Crippen LogP contribution in [0.2, 0.25) is 0 Å². The minimum atomic E-state index is -4.73. The van der Waals surface area contributed by atoms with Crippen LogP contribution in [-0.2, 0) is 11.0 Å². The molecule has 4 rings (SSSR count). The van der Waals surface area contributed by atoms with Gasteiger partial charge in [-0.3, -0.25) is 19.8 Å². The summed E-state index contributed by atoms with van der Waals surface area (Å²) < 4.78 is 44.7. The lowest BCUT2D eigenvalue weighted by Gasteiger charge is -2.14. The van der Waals surface area contributed by atoms with Crippen LogP contribution in [0.3, 0.4) is 0 Å². The van der Waals surface area contributed by atoms with Gasteiger partial charge in [-0.05, 0) is 55.0 Å². The van der Waals surface area contributed by atoms with Crippen molar-refractivity contribution in [1.29, 1.82) is 0 Å². The zero-order valence-electron chi connectivity index (χ0n) is 17.9. The van der Waals surface area contributed by atoms with E-state index in [1.807, 2.05) is 19.1 Å². The zero-order valence-corrected chi connectivity index (χ0v) is 19.5. The molecule has 1 saturated heterocycles. The minimum Gasteiger partial charge on any atom is -0.450 e. The number of carbonyl (C=O) groups is 1. The number of ether oxygens (including phenoxy) is 1. The van der Waals surface area contributed by atoms with Crippen molar-refractivity contribution in [3.63, 3.8) is 0 Å². The van der Waals surface area contributed by atoms with Gasteiger partial charge in [0.2, 0.25) is 5.75 Å². The highest BCUT2D eigenvalue weighted by molar-refractivity contribution is 8.27. The Hall–Kier alpha value is -3.70. The number of nitro groups is 1. The van der Waals surface area contributed by atoms with Crippen LogP contribution in [-0.4, -0.2) is 15.2 Å². The van der Waals surface area contributed by atoms with Crippen LogP contribution in [0.25, 0.3) is 6.08 Å². The van der Waals surface area contributed by atoms with E-state index >= 15 is 0 Å². The van der Waals surface area contributed by atoms with E-state index in [0.29, 0.717) is 32.6 Å². The van der Waals surface area contributed by atoms with Crippen molar-refractivity contribution in [3.05, 3.63) is 98.4 Å². The number of nitrogens with zero attached hydrogens (tertiary/aromatic N) is 2. The van der Waals surface area contributed by atoms with Gasteiger partial charge in [-0.1, -0.05) is 53.8 Å². The van der Waals surface area contributed by atoms with Crippen LogP contribution in [0.4, 0.5) is 24.5 Å². The van der Waals surface area contributed by atoms with Gasteiger partial charge in [0.1, 0.15) is 5.75 Å². The highest BCUT2D eigenvalue weighted by atomic mass is 32.2. The van der Waals surface area contributed by atoms with Crippen molar-refractivity contribution < 1.29 is 27.6 Å². The van der Waals surface area contributed by atoms with Crippen molar-refractivity contribution in [2.24, 2.45) is 0 Å². The molecule has 1 amide bonds. The maximum absolute atomic E-state index is 13.0. The quantitative estimate of drug-likeness (QED) is 0.156. The van der Waals surface area contributed by atoms with Crippen molar-refractivity contribution in [3.8, 4) is 11.5 Å². The first-order valence-electron chi connectivity index (χ1n) is 10.0. The number of hydrogen-bond donors (Lipinski definition) is 0. The van der Waals surface area contributed by atoms with E-state index in [4.69, 9.17) is 17.0 Å². The largest absolute Gasteiger partial charge is 0.450 e. The third-order valence-corrected chi connectivity index (χ3v) is 6.25. The number of thiocarbonyl (C=S) groups is 1. The molecule has 1 fully saturated rings. The highest BCUT2D eigenvalue weighted by Crippen LogP contribution is 2.39. The number of thioether (sulfide) groups is 1. The van der Waals surface area contributed by atoms with E-state index < -0.39 is 22.4 Å². The molecule has 3 aromatic rings. The summed E-state index contributed by atoms with van der Waals surface area (Å²) in [6.07, 6.45) is -3.13. The van der Waals surface area contributed by atoms with Gasteiger partial charge in [-0.2, -0.15) is 13.2 Å². The minimum absolute atomic E-state index is 0.149. The van der Waals surface area contributed by atoms with Crippen molar-refractivity contribution >= 4 is 51.7 Å². The number of nitro benzene ring substituents is 1. The van der Waals surface area contributed by atoms with E-state index in [0.717, 1.165) is 23.4 Å². The van der Waals surface area contributed by atoms with Gasteiger partial charge in [0.15, 0.2) is 4.32 Å². The summed E-state index contributed by atoms with van der Waals surface area (Å²) in [5.41, 5.74) is 0.264. The van der Waals surface area contributed by atoms with Gasteiger partial charge in [0.05, 0.1) is 21.1 Å². The lowest BCUT2D eigenvalue weighted by molar-refractivity contribution is -0.385. The van der Waals surface area contributed by atoms with Gasteiger partial charge < -0.3 is 4.74 Å². The molecule has 11 heteroatoms. The lowest BCUT2D eigenvalue weighted by Crippen LogP contribution is -2.27. The fraction of sp³-hybridized carbons (Fsp3) is 0.0833. The number of rotatable bonds is 5. The van der Waals surface area contributed by atoms with Gasteiger partial charge in [-0.15, -0.1) is 0 Å². The Morgan fingerprint density at radius 2 is 1.80 bits per heavy atom. The summed E-state index contributed by atoms with van der Waals surface area (Å²) in [5, 5.41) is 11.3. The molecule has 3 aromatic carbocycles. The Labute approximate surface area is 207 Å². The molecular formula is C24H15F3N2O4S2. The second-order valence-electron chi connectivity index (χ2n) is 7.46. The van der Waals surface area contributed by atoms with Gasteiger partial charge >= 0.3 is 11.9 Å². The fourth-order valence-electron chi connectivity index (χ4n) is 3.25. The molecule has 0 radical (unpaired) electrons. The van der Waals surface area contributed by atoms with E-state index in [1.54, 1.807) is 30.3 Å². The van der Waals surface area contributed by atoms with Gasteiger partial charge in [0.25, 0.3) is 5.91 Å². The number of hydrogen-bond acceptors (Lipinski definition) is 6. The average Bonchev–Trinajstić information content (AvgIpc) is 3.06. The molecule has 1 aliphatic rings. The molecule has 6 nitrogen and oxygen atoms in total. The molecule has 1 heterocycles. The van der Waals surface area contributed by atoms with Gasteiger partial charge in [-0.25, -0.2) is 0 Å². The maximum Gasteiger partial charge on any atom is 0.416 e. The smallest absolute Gasteiger partial charge is 0.416 e. The first kappa shape index (κ1) is 24.4. The number of alkyl halides is 3. The lowest BCUT2D eigenvalue weighted by atomic mass is 10.1. The van der Waals surface area contributed by atoms with Crippen molar-refractivity contribution in [2.75, 3.05) is 4.90 Å². The topological polar surface area (TPSA) is 72.7 Å². The molecule has 0 N–H and O–H groups in total. The molecule has 0 aromatic heterocycles. The third kappa shape index (κ3) is 5.36. The van der Waals surface area contributed by atoms with Crippen LogP contribution >= 0.6 is 24.0 Å². The summed E-state index contributed by atoms with van der Waals surface area (Å²) in [6.45, 7) is 1.93. The Kier molecular flexibility index (Phi) is 6.64. The number of aryl methyl sites for hydroxylation is 1. The second-order valence-corrected chi connectivity index (χ2v) is 9.14. The molecule has 0 aliphatic carbocycles. The average molecular weight is 517 g/mol. The fourth-order valence-corrected chi connectivity index (χ4v) is 4.55. The predicted molar refractivity (Wildman–Crippen MR) is 131 cm³/mol. The first-order chi connectivity index (χ1) is 16.5. The van der Waals surface area contributed by atoms with Gasteiger partial charge in [0, 0.05) is 6.07 Å². The van der Waals surface area contributed by atoms with Crippen molar-refractivity contribution in [1.82, 2.24) is 0 Å². The Bertz CT molecular complexity index is 1370. The van der Waals surface area contributed by atoms with E-state index in [-0.39, 0.29) is 17.4 Å². The van der Waals surface area contributed by atoms with Crippen LogP contribution < -0.4 is 9.64 Å². The molecular weight excluding hydrogens is 501 g/mol. The molecule has 0 atom stereocenters. The Morgan fingerprint density at radius 1 is 1.09 bits per heavy atom. The monoisotopic (exact) mass is 516 g/mol. The molecule has 178 valence electrons. The zero-order chi connectivity index (χ0) is 25.3. The molecule has 1 aliphatic heterocycles. The summed E-state index contributed by atoms with van der Waals surface area (Å²) in [6, 6.07) is 15.7. The number of anilines is 1. The SMILES string of the molecule is Cc1ccc(N2C(=O)/C(=C/c3cccc(Oc4ccc(C(F)(F)F)cc4[N+](=O)[O-])c3)SC2=S)cc1. The van der Waals surface area contributed by atoms with Crippen LogP contribution in [0, 0.1) is 17.0 Å². The molecule has 0 saturated carbocycles. The van der Waals surface area contributed by atoms with Crippen LogP contribution in [0.15, 0.2) is 71.6 Å². The number of amides is 1. The summed E-state index contributed by atoms with van der Waals surface area (Å²) in [7, 11) is 0. The van der Waals surface area contributed by atoms with Crippen LogP contribution in [0.1, 0.15) is 16.7 Å². The number of carbonyl (C=O) groups excluding carboxylic acids is 1. The molecule has 35 heavy (non-hydrogen) atoms. The predicted octanol–water partition coefficient (Wildman–Crippen LogP) is 7.12. The van der Waals surface area contributed by atoms with E-state index in [2.05, 4.69) is 0 Å². The second kappa shape index (κ2) is 9.51. The van der Waals surface area contributed by atoms with Crippen LogP contribution in [0.5, 0.6) is 11.5 Å². The normalized spacial score (nSPS) is 15.1. The molecule has 0 bridgehead atoms. The van der Waals surface area contributed by atoms with E-state index in [9.17, 15) is 28.1 Å². The van der Waals surface area contributed by atoms with E-state index in [1.165, 1.54) is 17.0 Å². The summed E-state index contributed by atoms with van der Waals surface area (Å²) >= 11 is 6.50. The molecule has 0 spiro atoms. The highest BCUT2D eigenvalue weighted by Gasteiger charge is 2.34. The summed E-state index contributed by atoms with van der Waals surface area (Å²) in [5.74, 6) is -0.491. The Balaban J connectivity index is 1.59. The first-order valence-corrected chi connectivity index (χ1v) is 11.2. The number of halogens is 3. The maximum atomic E-state index is 13.0. The number of benzene rings is 3.